The van der Waals surface area contributed by atoms with Crippen LogP contribution in [0.4, 0.5) is 0 Å². The minimum absolute atomic E-state index is 0.243. The molecule has 0 unspecified atom stereocenters. The van der Waals surface area contributed by atoms with E-state index in [4.69, 9.17) is 16.7 Å². The molecule has 0 atom stereocenters. The first kappa shape index (κ1) is 12.0. The second-order valence-corrected chi connectivity index (χ2v) is 3.91. The highest BCUT2D eigenvalue weighted by Crippen LogP contribution is 2.25. The van der Waals surface area contributed by atoms with Crippen LogP contribution in [0.5, 0.6) is 0 Å². The van der Waals surface area contributed by atoms with E-state index < -0.39 is 18.4 Å². The van der Waals surface area contributed by atoms with Gasteiger partial charge in [-0.1, -0.05) is 17.7 Å². The zero-order valence-electron chi connectivity index (χ0n) is 7.46. The molecule has 0 saturated carbocycles. The molecule has 1 amide bonds. The zero-order chi connectivity index (χ0) is 11.4. The fourth-order valence-electron chi connectivity index (χ4n) is 0.930. The number of carbonyl (C=O) groups excluding carboxylic acids is 1. The molecular weight excluding hydrogens is 285 g/mol. The Morgan fingerprint density at radius 2 is 2.13 bits per heavy atom. The average Bonchev–Trinajstić information content (AvgIpc) is 2.18. The molecule has 1 rings (SSSR count). The fraction of sp³-hybridized carbons (Fsp3) is 0.111. The van der Waals surface area contributed by atoms with Gasteiger partial charge in [-0.25, -0.2) is 0 Å². The van der Waals surface area contributed by atoms with Gasteiger partial charge in [0.05, 0.1) is 10.6 Å². The van der Waals surface area contributed by atoms with Crippen molar-refractivity contribution in [3.05, 3.63) is 33.3 Å². The molecule has 0 aliphatic carbocycles. The van der Waals surface area contributed by atoms with Gasteiger partial charge in [-0.05, 0) is 28.1 Å². The van der Waals surface area contributed by atoms with E-state index in [1.165, 1.54) is 6.07 Å². The summed E-state index contributed by atoms with van der Waals surface area (Å²) in [5.41, 5.74) is 0.243. The summed E-state index contributed by atoms with van der Waals surface area (Å²) in [7, 11) is 0. The Hall–Kier alpha value is -1.07. The second-order valence-electron chi connectivity index (χ2n) is 2.68. The molecule has 0 radical (unpaired) electrons. The second kappa shape index (κ2) is 5.14. The summed E-state index contributed by atoms with van der Waals surface area (Å²) in [5, 5.41) is 10.9. The van der Waals surface area contributed by atoms with Crippen LogP contribution in [0.2, 0.25) is 5.02 Å². The minimum Gasteiger partial charge on any atom is -0.480 e. The summed E-state index contributed by atoms with van der Waals surface area (Å²) < 4.78 is 0.590. The lowest BCUT2D eigenvalue weighted by Gasteiger charge is -2.05. The van der Waals surface area contributed by atoms with Gasteiger partial charge < -0.3 is 10.4 Å². The number of hydrogen-bond donors (Lipinski definition) is 2. The van der Waals surface area contributed by atoms with Crippen molar-refractivity contribution in [2.24, 2.45) is 0 Å². The van der Waals surface area contributed by atoms with Crippen LogP contribution in [0.25, 0.3) is 0 Å². The van der Waals surface area contributed by atoms with Crippen molar-refractivity contribution in [2.75, 3.05) is 6.54 Å². The van der Waals surface area contributed by atoms with Crippen LogP contribution in [-0.2, 0) is 4.79 Å². The molecule has 0 aliphatic rings. The van der Waals surface area contributed by atoms with Crippen molar-refractivity contribution in [3.63, 3.8) is 0 Å². The predicted octanol–water partition coefficient (Wildman–Crippen LogP) is 1.92. The SMILES string of the molecule is O=C(O)CNC(=O)c1cccc(Br)c1Cl. The third kappa shape index (κ3) is 3.21. The maximum absolute atomic E-state index is 11.4. The highest BCUT2D eigenvalue weighted by atomic mass is 79.9. The maximum Gasteiger partial charge on any atom is 0.322 e. The maximum atomic E-state index is 11.4. The summed E-state index contributed by atoms with van der Waals surface area (Å²) >= 11 is 9.01. The van der Waals surface area contributed by atoms with Crippen LogP contribution < -0.4 is 5.32 Å². The lowest BCUT2D eigenvalue weighted by atomic mass is 10.2. The lowest BCUT2D eigenvalue weighted by Crippen LogP contribution is -2.29. The van der Waals surface area contributed by atoms with Gasteiger partial charge in [0.15, 0.2) is 0 Å². The van der Waals surface area contributed by atoms with Gasteiger partial charge >= 0.3 is 5.97 Å². The van der Waals surface area contributed by atoms with Crippen molar-refractivity contribution in [2.45, 2.75) is 0 Å². The van der Waals surface area contributed by atoms with Crippen LogP contribution >= 0.6 is 27.5 Å². The largest absolute Gasteiger partial charge is 0.480 e. The van der Waals surface area contributed by atoms with E-state index in [1.807, 2.05) is 0 Å². The number of aliphatic carboxylic acids is 1. The van der Waals surface area contributed by atoms with Crippen LogP contribution in [0.1, 0.15) is 10.4 Å². The molecule has 0 aromatic heterocycles. The summed E-state index contributed by atoms with van der Waals surface area (Å²) in [6.45, 7) is -0.429. The lowest BCUT2D eigenvalue weighted by molar-refractivity contribution is -0.135. The van der Waals surface area contributed by atoms with Crippen molar-refractivity contribution in [3.8, 4) is 0 Å². The summed E-state index contributed by atoms with van der Waals surface area (Å²) in [5.74, 6) is -1.61. The Morgan fingerprint density at radius 3 is 2.73 bits per heavy atom. The van der Waals surface area contributed by atoms with Gasteiger partial charge in [0, 0.05) is 4.47 Å². The topological polar surface area (TPSA) is 66.4 Å². The summed E-state index contributed by atoms with van der Waals surface area (Å²) in [6.07, 6.45) is 0. The first-order chi connectivity index (χ1) is 7.02. The van der Waals surface area contributed by atoms with E-state index in [1.54, 1.807) is 12.1 Å². The number of nitrogens with one attached hydrogen (secondary N) is 1. The van der Waals surface area contributed by atoms with E-state index in [0.29, 0.717) is 4.47 Å². The number of hydrogen-bond acceptors (Lipinski definition) is 2. The van der Waals surface area contributed by atoms with E-state index in [-0.39, 0.29) is 10.6 Å². The van der Waals surface area contributed by atoms with Gasteiger partial charge in [-0.2, -0.15) is 0 Å². The Balaban J connectivity index is 2.82. The van der Waals surface area contributed by atoms with E-state index >= 15 is 0 Å². The van der Waals surface area contributed by atoms with Crippen LogP contribution in [0.3, 0.4) is 0 Å². The zero-order valence-corrected chi connectivity index (χ0v) is 9.80. The normalized spacial score (nSPS) is 9.73. The van der Waals surface area contributed by atoms with Gasteiger partial charge in [-0.15, -0.1) is 0 Å². The van der Waals surface area contributed by atoms with E-state index in [2.05, 4.69) is 21.2 Å². The highest BCUT2D eigenvalue weighted by Gasteiger charge is 2.12. The van der Waals surface area contributed by atoms with Gasteiger partial charge in [-0.3, -0.25) is 9.59 Å². The number of carbonyl (C=O) groups is 2. The molecule has 4 nitrogen and oxygen atoms in total. The van der Waals surface area contributed by atoms with Gasteiger partial charge in [0.1, 0.15) is 6.54 Å². The quantitative estimate of drug-likeness (QED) is 0.894. The fourth-order valence-corrected chi connectivity index (χ4v) is 1.51. The first-order valence-corrected chi connectivity index (χ1v) is 5.13. The minimum atomic E-state index is -1.10. The number of benzene rings is 1. The van der Waals surface area contributed by atoms with Crippen molar-refractivity contribution in [1.82, 2.24) is 5.32 Å². The number of halogens is 2. The molecule has 0 aliphatic heterocycles. The number of rotatable bonds is 3. The highest BCUT2D eigenvalue weighted by molar-refractivity contribution is 9.10. The number of carboxylic acids is 1. The van der Waals surface area contributed by atoms with E-state index in [9.17, 15) is 9.59 Å². The molecule has 0 fully saturated rings. The Morgan fingerprint density at radius 1 is 1.47 bits per heavy atom. The molecule has 80 valence electrons. The molecule has 0 saturated heterocycles. The van der Waals surface area contributed by atoms with Crippen LogP contribution in [-0.4, -0.2) is 23.5 Å². The third-order valence-electron chi connectivity index (χ3n) is 1.60. The third-order valence-corrected chi connectivity index (χ3v) is 2.89. The Bertz CT molecular complexity index is 408. The Labute approximate surface area is 99.4 Å². The Kier molecular flexibility index (Phi) is 4.11. The molecule has 0 bridgehead atoms. The number of carboxylic acid groups (broad SMARTS) is 1. The van der Waals surface area contributed by atoms with Crippen molar-refractivity contribution < 1.29 is 14.7 Å². The average molecular weight is 293 g/mol. The molecular formula is C9H7BrClNO3. The van der Waals surface area contributed by atoms with Crippen LogP contribution in [0.15, 0.2) is 22.7 Å². The smallest absolute Gasteiger partial charge is 0.322 e. The molecule has 6 heteroatoms. The molecule has 0 spiro atoms. The predicted molar refractivity (Wildman–Crippen MR) is 59.1 cm³/mol. The summed E-state index contributed by atoms with van der Waals surface area (Å²) in [6, 6.07) is 4.85. The van der Waals surface area contributed by atoms with Gasteiger partial charge in [0.25, 0.3) is 5.91 Å². The first-order valence-electron chi connectivity index (χ1n) is 3.96. The molecule has 1 aromatic carbocycles. The van der Waals surface area contributed by atoms with Crippen LogP contribution in [0, 0.1) is 0 Å². The standard InChI is InChI=1S/C9H7BrClNO3/c10-6-3-1-2-5(8(6)11)9(15)12-4-7(13)14/h1-3H,4H2,(H,12,15)(H,13,14). The van der Waals surface area contributed by atoms with Crippen molar-refractivity contribution >= 4 is 39.4 Å². The van der Waals surface area contributed by atoms with Gasteiger partial charge in [0.2, 0.25) is 0 Å². The molecule has 1 aromatic rings. The monoisotopic (exact) mass is 291 g/mol. The summed E-state index contributed by atoms with van der Waals surface area (Å²) in [4.78, 5) is 21.7. The molecule has 0 heterocycles. The molecule has 15 heavy (non-hydrogen) atoms. The van der Waals surface area contributed by atoms with E-state index in [0.717, 1.165) is 0 Å². The van der Waals surface area contributed by atoms with Crippen molar-refractivity contribution in [1.29, 1.82) is 0 Å². The molecule has 2 N–H and O–H groups in total. The number of amides is 1.